The van der Waals surface area contributed by atoms with Crippen LogP contribution >= 0.6 is 0 Å². The zero-order chi connectivity index (χ0) is 25.8. The fraction of sp³-hybridized carbons (Fsp3) is 0.462. The Kier molecular flexibility index (Phi) is 6.10. The zero-order valence-electron chi connectivity index (χ0n) is 20.8. The second kappa shape index (κ2) is 8.99. The van der Waals surface area contributed by atoms with Crippen molar-refractivity contribution in [3.8, 4) is 17.0 Å². The van der Waals surface area contributed by atoms with Crippen LogP contribution in [0.2, 0.25) is 0 Å². The summed E-state index contributed by atoms with van der Waals surface area (Å²) in [6.45, 7) is 5.07. The van der Waals surface area contributed by atoms with Crippen LogP contribution in [-0.4, -0.2) is 83.7 Å². The Balaban J connectivity index is 1.47. The van der Waals surface area contributed by atoms with Crippen LogP contribution in [0, 0.1) is 0 Å². The number of pyridine rings is 1. The number of halogens is 3. The van der Waals surface area contributed by atoms with E-state index in [1.807, 2.05) is 16.7 Å². The summed E-state index contributed by atoms with van der Waals surface area (Å²) in [7, 11) is 3.58. The van der Waals surface area contributed by atoms with Crippen LogP contribution in [0.3, 0.4) is 0 Å². The van der Waals surface area contributed by atoms with Crippen molar-refractivity contribution in [1.82, 2.24) is 19.2 Å². The van der Waals surface area contributed by atoms with Crippen molar-refractivity contribution in [2.75, 3.05) is 45.2 Å². The van der Waals surface area contributed by atoms with Crippen molar-refractivity contribution in [3.63, 3.8) is 0 Å². The zero-order valence-corrected chi connectivity index (χ0v) is 20.8. The summed E-state index contributed by atoms with van der Waals surface area (Å²) in [5.74, 6) is -0.387. The maximum atomic E-state index is 12.9. The van der Waals surface area contributed by atoms with E-state index < -0.39 is 18.6 Å². The molecule has 1 fully saturated rings. The quantitative estimate of drug-likeness (QED) is 0.539. The number of rotatable bonds is 4. The molecule has 0 radical (unpaired) electrons. The number of hydrogen-bond acceptors (Lipinski definition) is 5. The molecule has 2 aliphatic rings. The minimum absolute atomic E-state index is 0.0103. The molecule has 36 heavy (non-hydrogen) atoms. The summed E-state index contributed by atoms with van der Waals surface area (Å²) in [5.41, 5.74) is 4.41. The highest BCUT2D eigenvalue weighted by molar-refractivity contribution is 6.00. The fourth-order valence-corrected chi connectivity index (χ4v) is 5.30. The van der Waals surface area contributed by atoms with Crippen molar-refractivity contribution in [2.45, 2.75) is 38.5 Å². The Hall–Kier alpha value is -3.27. The lowest BCUT2D eigenvalue weighted by Gasteiger charge is -2.43. The average Bonchev–Trinajstić information content (AvgIpc) is 3.26. The standard InChI is InChI=1S/C26H30F3N5O2/c1-16-13-33(14-17(2)31(16)3)20-6-8-34-21(12-30-23(34)11-20)19-9-18-5-7-32(15-26(27,28)29)25(35)24(18)22(10-19)36-4/h6,8-12,16-17H,5,7,13-15H2,1-4H3/t16-,17+. The first kappa shape index (κ1) is 24.4. The van der Waals surface area contributed by atoms with E-state index in [0.29, 0.717) is 24.1 Å². The molecule has 7 nitrogen and oxygen atoms in total. The van der Waals surface area contributed by atoms with Gasteiger partial charge >= 0.3 is 6.18 Å². The average molecular weight is 502 g/mol. The number of carbonyl (C=O) groups is 1. The van der Waals surface area contributed by atoms with Gasteiger partial charge in [0.2, 0.25) is 0 Å². The predicted molar refractivity (Wildman–Crippen MR) is 132 cm³/mol. The van der Waals surface area contributed by atoms with Crippen molar-refractivity contribution in [1.29, 1.82) is 0 Å². The van der Waals surface area contributed by atoms with E-state index in [1.165, 1.54) is 7.11 Å². The van der Waals surface area contributed by atoms with E-state index in [4.69, 9.17) is 4.74 Å². The van der Waals surface area contributed by atoms with Crippen LogP contribution in [0.4, 0.5) is 18.9 Å². The third-order valence-corrected chi connectivity index (χ3v) is 7.44. The van der Waals surface area contributed by atoms with E-state index in [2.05, 4.69) is 47.8 Å². The summed E-state index contributed by atoms with van der Waals surface area (Å²) < 4.78 is 46.2. The van der Waals surface area contributed by atoms with E-state index in [-0.39, 0.29) is 17.9 Å². The molecule has 0 aliphatic carbocycles. The number of benzene rings is 1. The van der Waals surface area contributed by atoms with Crippen LogP contribution in [0.15, 0.2) is 36.7 Å². The molecular weight excluding hydrogens is 471 g/mol. The lowest BCUT2D eigenvalue weighted by Crippen LogP contribution is -2.55. The van der Waals surface area contributed by atoms with Crippen molar-refractivity contribution in [3.05, 3.63) is 47.8 Å². The van der Waals surface area contributed by atoms with Gasteiger partial charge in [-0.3, -0.25) is 14.1 Å². The van der Waals surface area contributed by atoms with Crippen LogP contribution in [0.5, 0.6) is 5.75 Å². The van der Waals surface area contributed by atoms with Gasteiger partial charge in [0.15, 0.2) is 0 Å². The molecule has 0 N–H and O–H groups in total. The summed E-state index contributed by atoms with van der Waals surface area (Å²) in [5, 5.41) is 0. The van der Waals surface area contributed by atoms with Gasteiger partial charge in [0.05, 0.1) is 24.6 Å². The fourth-order valence-electron chi connectivity index (χ4n) is 5.30. The molecule has 2 aromatic heterocycles. The molecule has 5 rings (SSSR count). The number of nitrogens with zero attached hydrogens (tertiary/aromatic N) is 5. The minimum Gasteiger partial charge on any atom is -0.496 e. The van der Waals surface area contributed by atoms with Crippen molar-refractivity contribution < 1.29 is 22.7 Å². The number of anilines is 1. The number of ether oxygens (including phenoxy) is 1. The highest BCUT2D eigenvalue weighted by atomic mass is 19.4. The van der Waals surface area contributed by atoms with E-state index >= 15 is 0 Å². The smallest absolute Gasteiger partial charge is 0.406 e. The Labute approximate surface area is 208 Å². The number of fused-ring (bicyclic) bond motifs is 2. The maximum Gasteiger partial charge on any atom is 0.406 e. The first-order chi connectivity index (χ1) is 17.1. The topological polar surface area (TPSA) is 53.3 Å². The van der Waals surface area contributed by atoms with E-state index in [0.717, 1.165) is 40.6 Å². The molecule has 0 spiro atoms. The number of hydrogen-bond donors (Lipinski definition) is 0. The molecule has 0 bridgehead atoms. The van der Waals surface area contributed by atoms with Crippen molar-refractivity contribution >= 4 is 17.2 Å². The minimum atomic E-state index is -4.45. The molecule has 1 aromatic carbocycles. The normalized spacial score (nSPS) is 21.2. The number of methoxy groups -OCH3 is 1. The number of imidazole rings is 1. The second-order valence-electron chi connectivity index (χ2n) is 9.83. The van der Waals surface area contributed by atoms with Gasteiger partial charge in [-0.2, -0.15) is 13.2 Å². The second-order valence-corrected chi connectivity index (χ2v) is 9.83. The number of alkyl halides is 3. The van der Waals surface area contributed by atoms with Gasteiger partial charge in [-0.1, -0.05) is 0 Å². The Bertz CT molecular complexity index is 1280. The Morgan fingerprint density at radius 3 is 2.53 bits per heavy atom. The molecule has 192 valence electrons. The monoisotopic (exact) mass is 501 g/mol. The summed E-state index contributed by atoms with van der Waals surface area (Å²) in [6, 6.07) is 8.60. The first-order valence-corrected chi connectivity index (χ1v) is 12.1. The molecule has 0 unspecified atom stereocenters. The number of amides is 1. The van der Waals surface area contributed by atoms with Crippen LogP contribution in [0.25, 0.3) is 16.9 Å². The summed E-state index contributed by atoms with van der Waals surface area (Å²) in [6.07, 6.45) is -0.364. The maximum absolute atomic E-state index is 12.9. The number of aromatic nitrogens is 2. The summed E-state index contributed by atoms with van der Waals surface area (Å²) >= 11 is 0. The molecule has 2 atom stereocenters. The number of likely N-dealkylation sites (N-methyl/N-ethyl adjacent to an activating group) is 1. The highest BCUT2D eigenvalue weighted by Crippen LogP contribution is 2.35. The third-order valence-electron chi connectivity index (χ3n) is 7.44. The van der Waals surface area contributed by atoms with E-state index in [1.54, 1.807) is 12.3 Å². The highest BCUT2D eigenvalue weighted by Gasteiger charge is 2.37. The molecule has 4 heterocycles. The molecule has 0 saturated carbocycles. The molecule has 2 aliphatic heterocycles. The molecule has 1 amide bonds. The van der Waals surface area contributed by atoms with Crippen LogP contribution in [0.1, 0.15) is 29.8 Å². The molecular formula is C26H30F3N5O2. The SMILES string of the molecule is COc1cc(-c2cnc3cc(N4C[C@@H](C)N(C)[C@@H](C)C4)ccn23)cc2c1C(=O)N(CC(F)(F)F)CC2. The molecule has 10 heteroatoms. The van der Waals surface area contributed by atoms with Gasteiger partial charge in [-0.05, 0) is 51.1 Å². The molecule has 1 saturated heterocycles. The van der Waals surface area contributed by atoms with E-state index in [9.17, 15) is 18.0 Å². The first-order valence-electron chi connectivity index (χ1n) is 12.1. The summed E-state index contributed by atoms with van der Waals surface area (Å²) in [4.78, 5) is 23.1. The number of piperazine rings is 1. The van der Waals surface area contributed by atoms with Crippen LogP contribution < -0.4 is 9.64 Å². The largest absolute Gasteiger partial charge is 0.496 e. The van der Waals surface area contributed by atoms with Gasteiger partial charge in [0.25, 0.3) is 5.91 Å². The van der Waals surface area contributed by atoms with Gasteiger partial charge < -0.3 is 14.5 Å². The van der Waals surface area contributed by atoms with Gasteiger partial charge in [-0.25, -0.2) is 4.98 Å². The lowest BCUT2D eigenvalue weighted by atomic mass is 9.94. The van der Waals surface area contributed by atoms with Crippen LogP contribution in [-0.2, 0) is 6.42 Å². The van der Waals surface area contributed by atoms with Crippen molar-refractivity contribution in [2.24, 2.45) is 0 Å². The Morgan fingerprint density at radius 1 is 1.14 bits per heavy atom. The Morgan fingerprint density at radius 2 is 1.86 bits per heavy atom. The lowest BCUT2D eigenvalue weighted by molar-refractivity contribution is -0.141. The van der Waals surface area contributed by atoms with Gasteiger partial charge in [-0.15, -0.1) is 0 Å². The third kappa shape index (κ3) is 4.38. The van der Waals surface area contributed by atoms with Gasteiger partial charge in [0, 0.05) is 55.2 Å². The molecule has 3 aromatic rings. The van der Waals surface area contributed by atoms with Gasteiger partial charge in [0.1, 0.15) is 17.9 Å². The predicted octanol–water partition coefficient (Wildman–Crippen LogP) is 4.10. The number of carbonyl (C=O) groups excluding carboxylic acids is 1.